The standard InChI is InChI=1S/C40H74O13/c1-5-7-9-11-13-15-16-18-19-21-23-29(25-31(41)42)51-32(43)26-30(24-22-20-17-14-12-10-8-6-2)52-40-38(36(47)34(45)28(4)50-40)53-39-37(48)35(46)33(44)27(3)49-39/h27-30,33-40,44-48H,5-26H2,1-4H3,(H,41,42)/t27-,28-,29?,30?,33-,34-,35+,36+,37+,38+,39-,40-/m0/s1. The normalized spacial score (nSPS) is 30.2. The molecule has 2 saturated heterocycles. The summed E-state index contributed by atoms with van der Waals surface area (Å²) in [5.74, 6) is -1.65. The summed E-state index contributed by atoms with van der Waals surface area (Å²) in [6.07, 6.45) is 5.22. The molecule has 2 unspecified atom stereocenters. The van der Waals surface area contributed by atoms with Crippen molar-refractivity contribution in [1.29, 1.82) is 0 Å². The summed E-state index contributed by atoms with van der Waals surface area (Å²) in [5.41, 5.74) is 0. The number of esters is 1. The first-order valence-electron chi connectivity index (χ1n) is 20.8. The Labute approximate surface area is 318 Å². The molecule has 0 spiro atoms. The molecule has 0 amide bonds. The molecule has 12 atom stereocenters. The topological polar surface area (TPSA) is 202 Å². The number of carbonyl (C=O) groups is 2. The maximum atomic E-state index is 13.4. The van der Waals surface area contributed by atoms with Gasteiger partial charge in [0.15, 0.2) is 12.6 Å². The number of aliphatic carboxylic acids is 1. The fourth-order valence-corrected chi connectivity index (χ4v) is 7.13. The first-order chi connectivity index (χ1) is 25.4. The summed E-state index contributed by atoms with van der Waals surface area (Å²) in [6, 6.07) is 0. The van der Waals surface area contributed by atoms with E-state index in [1.54, 1.807) is 6.92 Å². The van der Waals surface area contributed by atoms with E-state index in [2.05, 4.69) is 13.8 Å². The lowest BCUT2D eigenvalue weighted by molar-refractivity contribution is -0.366. The van der Waals surface area contributed by atoms with Crippen LogP contribution in [0.1, 0.15) is 169 Å². The fourth-order valence-electron chi connectivity index (χ4n) is 7.13. The lowest BCUT2D eigenvalue weighted by atomic mass is 9.97. The quantitative estimate of drug-likeness (QED) is 0.0403. The zero-order valence-corrected chi connectivity index (χ0v) is 33.0. The summed E-state index contributed by atoms with van der Waals surface area (Å²) in [7, 11) is 0. The molecule has 0 aromatic heterocycles. The van der Waals surface area contributed by atoms with Gasteiger partial charge in [0.1, 0.15) is 42.7 Å². The second-order valence-electron chi connectivity index (χ2n) is 15.4. The number of ether oxygens (including phenoxy) is 5. The summed E-state index contributed by atoms with van der Waals surface area (Å²) in [5, 5.41) is 62.3. The van der Waals surface area contributed by atoms with E-state index in [-0.39, 0.29) is 12.8 Å². The molecule has 53 heavy (non-hydrogen) atoms. The molecule has 2 aliphatic heterocycles. The average Bonchev–Trinajstić information content (AvgIpc) is 3.11. The van der Waals surface area contributed by atoms with Gasteiger partial charge in [-0.1, -0.05) is 123 Å². The van der Waals surface area contributed by atoms with Gasteiger partial charge in [0.05, 0.1) is 31.2 Å². The SMILES string of the molecule is CCCCCCCCCCCCC(CC(=O)O)OC(=O)CC(CCCCCCCCCC)O[C@@H]1O[C@@H](C)[C@H](O)[C@@H](O)[C@H]1O[C@@H]1O[C@@H](C)[C@H](O)[C@@H](O)[C@H]1O. The Morgan fingerprint density at radius 3 is 1.47 bits per heavy atom. The van der Waals surface area contributed by atoms with E-state index < -0.39 is 85.6 Å². The van der Waals surface area contributed by atoms with Crippen LogP contribution in [0.5, 0.6) is 0 Å². The van der Waals surface area contributed by atoms with Crippen LogP contribution in [0.25, 0.3) is 0 Å². The van der Waals surface area contributed by atoms with E-state index in [1.165, 1.54) is 64.7 Å². The third kappa shape index (κ3) is 18.4. The molecule has 0 aliphatic carbocycles. The monoisotopic (exact) mass is 763 g/mol. The number of rotatable bonds is 29. The van der Waals surface area contributed by atoms with Gasteiger partial charge in [-0.25, -0.2) is 0 Å². The number of aliphatic hydroxyl groups is 5. The first-order valence-corrected chi connectivity index (χ1v) is 20.8. The minimum absolute atomic E-state index is 0.200. The highest BCUT2D eigenvalue weighted by atomic mass is 16.8. The zero-order chi connectivity index (χ0) is 39.2. The van der Waals surface area contributed by atoms with Gasteiger partial charge in [-0.2, -0.15) is 0 Å². The predicted molar refractivity (Wildman–Crippen MR) is 199 cm³/mol. The van der Waals surface area contributed by atoms with Gasteiger partial charge >= 0.3 is 11.9 Å². The van der Waals surface area contributed by atoms with Crippen LogP contribution in [0.4, 0.5) is 0 Å². The summed E-state index contributed by atoms with van der Waals surface area (Å²) in [4.78, 5) is 25.0. The number of hydrogen-bond donors (Lipinski definition) is 6. The molecule has 0 bridgehead atoms. The van der Waals surface area contributed by atoms with Crippen LogP contribution >= 0.6 is 0 Å². The highest BCUT2D eigenvalue weighted by molar-refractivity contribution is 5.72. The van der Waals surface area contributed by atoms with E-state index in [0.717, 1.165) is 57.8 Å². The number of carbonyl (C=O) groups excluding carboxylic acids is 1. The molecule has 0 aromatic rings. The molecule has 0 saturated carbocycles. The Hall–Kier alpha value is -1.42. The first kappa shape index (κ1) is 47.7. The third-order valence-electron chi connectivity index (χ3n) is 10.6. The Morgan fingerprint density at radius 1 is 0.547 bits per heavy atom. The Kier molecular flexibility index (Phi) is 24.5. The molecular weight excluding hydrogens is 688 g/mol. The maximum Gasteiger partial charge on any atom is 0.308 e. The van der Waals surface area contributed by atoms with Crippen LogP contribution in [-0.4, -0.2) is 116 Å². The van der Waals surface area contributed by atoms with Crippen molar-refractivity contribution in [2.75, 3.05) is 0 Å². The van der Waals surface area contributed by atoms with Gasteiger partial charge in [0.2, 0.25) is 0 Å². The Bertz CT molecular complexity index is 969. The van der Waals surface area contributed by atoms with Crippen LogP contribution in [0.3, 0.4) is 0 Å². The minimum atomic E-state index is -1.67. The van der Waals surface area contributed by atoms with Crippen LogP contribution in [0.15, 0.2) is 0 Å². The molecular formula is C40H74O13. The van der Waals surface area contributed by atoms with Gasteiger partial charge in [0, 0.05) is 0 Å². The van der Waals surface area contributed by atoms with Crippen LogP contribution < -0.4 is 0 Å². The summed E-state index contributed by atoms with van der Waals surface area (Å²) in [6.45, 7) is 7.44. The van der Waals surface area contributed by atoms with Gasteiger partial charge in [-0.15, -0.1) is 0 Å². The fraction of sp³-hybridized carbons (Fsp3) is 0.950. The van der Waals surface area contributed by atoms with Crippen molar-refractivity contribution in [3.63, 3.8) is 0 Å². The van der Waals surface area contributed by atoms with Crippen LogP contribution in [-0.2, 0) is 33.3 Å². The van der Waals surface area contributed by atoms with Crippen molar-refractivity contribution in [3.8, 4) is 0 Å². The average molecular weight is 763 g/mol. The molecule has 0 radical (unpaired) electrons. The van der Waals surface area contributed by atoms with Crippen molar-refractivity contribution in [2.45, 2.75) is 243 Å². The van der Waals surface area contributed by atoms with Crippen molar-refractivity contribution >= 4 is 11.9 Å². The zero-order valence-electron chi connectivity index (χ0n) is 33.0. The molecule has 0 aromatic carbocycles. The van der Waals surface area contributed by atoms with E-state index in [0.29, 0.717) is 12.8 Å². The van der Waals surface area contributed by atoms with Crippen molar-refractivity contribution in [3.05, 3.63) is 0 Å². The van der Waals surface area contributed by atoms with E-state index >= 15 is 0 Å². The Balaban J connectivity index is 2.07. The molecule has 13 nitrogen and oxygen atoms in total. The van der Waals surface area contributed by atoms with E-state index in [4.69, 9.17) is 23.7 Å². The van der Waals surface area contributed by atoms with Crippen LogP contribution in [0, 0.1) is 0 Å². The van der Waals surface area contributed by atoms with Gasteiger partial charge < -0.3 is 54.3 Å². The van der Waals surface area contributed by atoms with Crippen molar-refractivity contribution in [2.24, 2.45) is 0 Å². The lowest BCUT2D eigenvalue weighted by Gasteiger charge is -2.46. The molecule has 6 N–H and O–H groups in total. The molecule has 2 aliphatic rings. The summed E-state index contributed by atoms with van der Waals surface area (Å²) < 4.78 is 29.5. The third-order valence-corrected chi connectivity index (χ3v) is 10.6. The number of carboxylic acids is 1. The molecule has 2 fully saturated rings. The van der Waals surface area contributed by atoms with Crippen molar-refractivity contribution in [1.82, 2.24) is 0 Å². The second kappa shape index (κ2) is 27.2. The number of hydrogen-bond acceptors (Lipinski definition) is 12. The minimum Gasteiger partial charge on any atom is -0.481 e. The Morgan fingerprint density at radius 2 is 0.981 bits per heavy atom. The van der Waals surface area contributed by atoms with E-state index in [1.807, 2.05) is 0 Å². The largest absolute Gasteiger partial charge is 0.481 e. The maximum absolute atomic E-state index is 13.4. The molecule has 2 rings (SSSR count). The number of aliphatic hydroxyl groups excluding tert-OH is 5. The predicted octanol–water partition coefficient (Wildman–Crippen LogP) is 5.67. The van der Waals surface area contributed by atoms with Crippen LogP contribution in [0.2, 0.25) is 0 Å². The molecule has 312 valence electrons. The smallest absolute Gasteiger partial charge is 0.308 e. The molecule has 2 heterocycles. The lowest BCUT2D eigenvalue weighted by Crippen LogP contribution is -2.63. The second-order valence-corrected chi connectivity index (χ2v) is 15.4. The van der Waals surface area contributed by atoms with Gasteiger partial charge in [-0.05, 0) is 33.1 Å². The number of unbranched alkanes of at least 4 members (excludes halogenated alkanes) is 16. The van der Waals surface area contributed by atoms with Gasteiger partial charge in [0.25, 0.3) is 0 Å². The van der Waals surface area contributed by atoms with Crippen molar-refractivity contribution < 1.29 is 63.9 Å². The number of carboxylic acid groups (broad SMARTS) is 1. The summed E-state index contributed by atoms with van der Waals surface area (Å²) >= 11 is 0. The van der Waals surface area contributed by atoms with Gasteiger partial charge in [-0.3, -0.25) is 9.59 Å². The highest BCUT2D eigenvalue weighted by Gasteiger charge is 2.50. The molecule has 13 heteroatoms. The highest BCUT2D eigenvalue weighted by Crippen LogP contribution is 2.31. The van der Waals surface area contributed by atoms with E-state index in [9.17, 15) is 40.2 Å².